The predicted octanol–water partition coefficient (Wildman–Crippen LogP) is 2.28. The first-order valence-electron chi connectivity index (χ1n) is 8.65. The third-order valence-electron chi connectivity index (χ3n) is 4.45. The van der Waals surface area contributed by atoms with Crippen molar-refractivity contribution in [3.8, 4) is 0 Å². The van der Waals surface area contributed by atoms with Gasteiger partial charge in [-0.25, -0.2) is 4.98 Å². The van der Waals surface area contributed by atoms with Gasteiger partial charge in [-0.2, -0.15) is 4.99 Å². The summed E-state index contributed by atoms with van der Waals surface area (Å²) in [4.78, 5) is 10.1. The molecule has 7 nitrogen and oxygen atoms in total. The number of benzene rings is 2. The zero-order valence-corrected chi connectivity index (χ0v) is 16.1. The highest BCUT2D eigenvalue weighted by Crippen LogP contribution is 2.31. The van der Waals surface area contributed by atoms with Gasteiger partial charge < -0.3 is 21.7 Å². The highest BCUT2D eigenvalue weighted by atomic mass is 35.5. The first-order valence-corrected chi connectivity index (χ1v) is 9.02. The first kappa shape index (κ1) is 20.0. The van der Waals surface area contributed by atoms with Crippen LogP contribution in [0, 0.1) is 0 Å². The number of hydrogen-bond acceptors (Lipinski definition) is 5. The fraction of sp³-hybridized carbons (Fsp3) is 0.200. The van der Waals surface area contributed by atoms with E-state index in [2.05, 4.69) is 9.98 Å². The lowest BCUT2D eigenvalue weighted by molar-refractivity contribution is -0.0990. The third-order valence-corrected chi connectivity index (χ3v) is 4.75. The van der Waals surface area contributed by atoms with Gasteiger partial charge in [0.2, 0.25) is 0 Å². The van der Waals surface area contributed by atoms with Crippen molar-refractivity contribution in [1.82, 2.24) is 9.88 Å². The number of aliphatic hydroxyl groups excluding tert-OH is 1. The molecule has 0 aliphatic rings. The molecule has 1 heterocycles. The van der Waals surface area contributed by atoms with E-state index in [9.17, 15) is 10.2 Å². The lowest BCUT2D eigenvalue weighted by atomic mass is 10.0. The van der Waals surface area contributed by atoms with Gasteiger partial charge in [0.25, 0.3) is 0 Å². The fourth-order valence-corrected chi connectivity index (χ4v) is 3.46. The van der Waals surface area contributed by atoms with E-state index in [-0.39, 0.29) is 5.96 Å². The highest BCUT2D eigenvalue weighted by molar-refractivity contribution is 6.35. The van der Waals surface area contributed by atoms with Crippen molar-refractivity contribution in [2.45, 2.75) is 18.9 Å². The second-order valence-corrected chi connectivity index (χ2v) is 6.94. The van der Waals surface area contributed by atoms with Crippen LogP contribution in [0.2, 0.25) is 5.02 Å². The summed E-state index contributed by atoms with van der Waals surface area (Å²) in [6.07, 6.45) is -0.0217. The number of likely N-dealkylation sites (N-methyl/N-ethyl adjacent to an activating group) is 1. The molecule has 28 heavy (non-hydrogen) atoms. The second kappa shape index (κ2) is 8.53. The van der Waals surface area contributed by atoms with Crippen LogP contribution in [0.4, 0.5) is 5.82 Å². The van der Waals surface area contributed by atoms with Crippen molar-refractivity contribution in [1.29, 1.82) is 0 Å². The van der Waals surface area contributed by atoms with Crippen LogP contribution < -0.4 is 11.5 Å². The van der Waals surface area contributed by atoms with Crippen molar-refractivity contribution < 1.29 is 10.2 Å². The molecule has 1 atom stereocenters. The van der Waals surface area contributed by atoms with Crippen molar-refractivity contribution >= 4 is 34.2 Å². The Bertz CT molecular complexity index is 991. The van der Waals surface area contributed by atoms with E-state index in [0.29, 0.717) is 22.8 Å². The van der Waals surface area contributed by atoms with Crippen LogP contribution in [-0.2, 0) is 6.54 Å². The molecule has 0 radical (unpaired) electrons. The minimum Gasteiger partial charge on any atom is -0.370 e. The summed E-state index contributed by atoms with van der Waals surface area (Å²) in [6, 6.07) is 14.5. The van der Waals surface area contributed by atoms with Gasteiger partial charge in [-0.05, 0) is 24.2 Å². The zero-order chi connectivity index (χ0) is 20.3. The number of rotatable bonds is 6. The van der Waals surface area contributed by atoms with Crippen LogP contribution in [0.25, 0.3) is 10.8 Å². The summed E-state index contributed by atoms with van der Waals surface area (Å²) in [5, 5.41) is 21.8. The molecule has 0 amide bonds. The number of nitrogens with two attached hydrogens (primary N) is 2. The molecule has 0 fully saturated rings. The van der Waals surface area contributed by atoms with Crippen LogP contribution in [0.15, 0.2) is 59.7 Å². The molecule has 8 heteroatoms. The molecule has 1 unspecified atom stereocenters. The number of halogens is 1. The lowest BCUT2D eigenvalue weighted by Crippen LogP contribution is -2.33. The van der Waals surface area contributed by atoms with Gasteiger partial charge in [0.05, 0.1) is 11.1 Å². The molecule has 3 aromatic rings. The SMILES string of the molecule is CN(Cc1ccc2c(Cl)cnc(N=C(N)N)c2c1)C(c1ccccc1)C(O)O. The van der Waals surface area contributed by atoms with Gasteiger partial charge in [0.1, 0.15) is 0 Å². The molecule has 0 spiro atoms. The summed E-state index contributed by atoms with van der Waals surface area (Å²) < 4.78 is 0. The fourth-order valence-electron chi connectivity index (χ4n) is 3.24. The van der Waals surface area contributed by atoms with E-state index in [0.717, 1.165) is 16.5 Å². The second-order valence-electron chi connectivity index (χ2n) is 6.53. The Kier molecular flexibility index (Phi) is 6.11. The molecule has 1 aromatic heterocycles. The van der Waals surface area contributed by atoms with Gasteiger partial charge >= 0.3 is 0 Å². The van der Waals surface area contributed by atoms with Gasteiger partial charge in [0, 0.05) is 23.5 Å². The van der Waals surface area contributed by atoms with Gasteiger partial charge in [-0.15, -0.1) is 0 Å². The average Bonchev–Trinajstić information content (AvgIpc) is 2.64. The summed E-state index contributed by atoms with van der Waals surface area (Å²) >= 11 is 6.25. The van der Waals surface area contributed by atoms with Gasteiger partial charge in [-0.1, -0.05) is 54.1 Å². The van der Waals surface area contributed by atoms with Crippen molar-refractivity contribution in [3.05, 3.63) is 70.9 Å². The summed E-state index contributed by atoms with van der Waals surface area (Å²) in [5.74, 6) is 0.289. The maximum absolute atomic E-state index is 9.91. The molecule has 146 valence electrons. The minimum absolute atomic E-state index is 0.0915. The number of aromatic nitrogens is 1. The van der Waals surface area contributed by atoms with E-state index in [1.54, 1.807) is 0 Å². The smallest absolute Gasteiger partial charge is 0.192 e. The van der Waals surface area contributed by atoms with Gasteiger partial charge in [0.15, 0.2) is 18.1 Å². The molecule has 0 saturated heterocycles. The largest absolute Gasteiger partial charge is 0.370 e. The van der Waals surface area contributed by atoms with E-state index >= 15 is 0 Å². The van der Waals surface area contributed by atoms with E-state index in [1.807, 2.05) is 60.5 Å². The molecule has 0 bridgehead atoms. The topological polar surface area (TPSA) is 121 Å². The summed E-state index contributed by atoms with van der Waals surface area (Å²) in [5.41, 5.74) is 12.7. The Labute approximate surface area is 167 Å². The van der Waals surface area contributed by atoms with Crippen molar-refractivity contribution in [2.24, 2.45) is 16.5 Å². The van der Waals surface area contributed by atoms with E-state index < -0.39 is 12.3 Å². The van der Waals surface area contributed by atoms with Crippen LogP contribution in [0.5, 0.6) is 0 Å². The van der Waals surface area contributed by atoms with Crippen LogP contribution in [0.1, 0.15) is 17.2 Å². The van der Waals surface area contributed by atoms with Crippen LogP contribution in [-0.4, -0.2) is 39.4 Å². The Morgan fingerprint density at radius 2 is 1.86 bits per heavy atom. The predicted molar refractivity (Wildman–Crippen MR) is 111 cm³/mol. The summed E-state index contributed by atoms with van der Waals surface area (Å²) in [7, 11) is 1.83. The average molecular weight is 400 g/mol. The first-order chi connectivity index (χ1) is 13.4. The molecule has 6 N–H and O–H groups in total. The third kappa shape index (κ3) is 4.40. The lowest BCUT2D eigenvalue weighted by Gasteiger charge is -2.30. The molecule has 3 rings (SSSR count). The minimum atomic E-state index is -1.53. The Morgan fingerprint density at radius 1 is 1.14 bits per heavy atom. The Hall–Kier alpha value is -2.71. The molecular weight excluding hydrogens is 378 g/mol. The number of guanidine groups is 1. The number of pyridine rings is 1. The van der Waals surface area contributed by atoms with Crippen molar-refractivity contribution in [2.75, 3.05) is 7.05 Å². The van der Waals surface area contributed by atoms with E-state index in [1.165, 1.54) is 6.20 Å². The summed E-state index contributed by atoms with van der Waals surface area (Å²) in [6.45, 7) is 0.459. The van der Waals surface area contributed by atoms with Crippen LogP contribution >= 0.6 is 11.6 Å². The number of nitrogens with zero attached hydrogens (tertiary/aromatic N) is 3. The monoisotopic (exact) mass is 399 g/mol. The zero-order valence-electron chi connectivity index (χ0n) is 15.3. The highest BCUT2D eigenvalue weighted by Gasteiger charge is 2.24. The number of fused-ring (bicyclic) bond motifs is 1. The standard InChI is InChI=1S/C20H22ClN5O2/c1-26(17(19(27)28)13-5-3-2-4-6-13)11-12-7-8-14-15(9-12)18(25-20(22)23)24-10-16(14)21/h2-10,17,19,27-28H,11H2,1H3,(H4,22,23,24,25). The maximum Gasteiger partial charge on any atom is 0.192 e. The molecule has 0 saturated carbocycles. The molecule has 0 aliphatic heterocycles. The maximum atomic E-state index is 9.91. The van der Waals surface area contributed by atoms with Gasteiger partial charge in [-0.3, -0.25) is 4.90 Å². The number of hydrogen-bond donors (Lipinski definition) is 4. The quantitative estimate of drug-likeness (QED) is 0.286. The Morgan fingerprint density at radius 3 is 2.50 bits per heavy atom. The number of aliphatic imine (C=N–C) groups is 1. The normalized spacial score (nSPS) is 12.5. The molecule has 0 aliphatic carbocycles. The van der Waals surface area contributed by atoms with Crippen LogP contribution in [0.3, 0.4) is 0 Å². The Balaban J connectivity index is 1.96. The van der Waals surface area contributed by atoms with Crippen molar-refractivity contribution in [3.63, 3.8) is 0 Å². The molecular formula is C20H22ClN5O2. The molecule has 2 aromatic carbocycles. The van der Waals surface area contributed by atoms with E-state index in [4.69, 9.17) is 23.1 Å². The number of aliphatic hydroxyl groups is 2.